The maximum absolute atomic E-state index is 4.82. The molecular formula is C21H14N4. The fourth-order valence-electron chi connectivity index (χ4n) is 3.06. The molecule has 0 bridgehead atoms. The molecule has 2 aromatic carbocycles. The highest BCUT2D eigenvalue weighted by Gasteiger charge is 2.08. The van der Waals surface area contributed by atoms with Crippen molar-refractivity contribution in [3.8, 4) is 17.1 Å². The highest BCUT2D eigenvalue weighted by atomic mass is 15.3. The maximum Gasteiger partial charge on any atom is 0.154 e. The zero-order valence-corrected chi connectivity index (χ0v) is 13.4. The van der Waals surface area contributed by atoms with E-state index in [1.54, 1.807) is 6.20 Å². The van der Waals surface area contributed by atoms with E-state index in [1.807, 2.05) is 47.3 Å². The van der Waals surface area contributed by atoms with Gasteiger partial charge in [-0.2, -0.15) is 5.10 Å². The van der Waals surface area contributed by atoms with E-state index in [0.29, 0.717) is 0 Å². The predicted octanol–water partition coefficient (Wildman–Crippen LogP) is 4.64. The van der Waals surface area contributed by atoms with Gasteiger partial charge in [-0.1, -0.05) is 48.5 Å². The minimum atomic E-state index is 0.785. The SMILES string of the molecule is c1ccc(-c2ccn(-c3ccc4ccc5cccnc5c4n3)n2)cc1. The molecule has 0 fully saturated rings. The average molecular weight is 322 g/mol. The van der Waals surface area contributed by atoms with Gasteiger partial charge in [0.1, 0.15) is 0 Å². The highest BCUT2D eigenvalue weighted by Crippen LogP contribution is 2.24. The third kappa shape index (κ3) is 2.35. The molecule has 5 rings (SSSR count). The Morgan fingerprint density at radius 2 is 1.48 bits per heavy atom. The molecule has 3 heterocycles. The Morgan fingerprint density at radius 1 is 0.680 bits per heavy atom. The Labute approximate surface area is 144 Å². The van der Waals surface area contributed by atoms with Gasteiger partial charge in [0.05, 0.1) is 16.7 Å². The van der Waals surface area contributed by atoms with E-state index in [0.717, 1.165) is 38.9 Å². The topological polar surface area (TPSA) is 43.6 Å². The third-order valence-electron chi connectivity index (χ3n) is 4.31. The molecule has 5 aromatic rings. The zero-order valence-electron chi connectivity index (χ0n) is 13.4. The first kappa shape index (κ1) is 13.9. The second kappa shape index (κ2) is 5.53. The summed E-state index contributed by atoms with van der Waals surface area (Å²) in [5, 5.41) is 6.83. The van der Waals surface area contributed by atoms with Gasteiger partial charge in [0.2, 0.25) is 0 Å². The molecule has 0 aliphatic rings. The van der Waals surface area contributed by atoms with E-state index in [2.05, 4.69) is 46.5 Å². The van der Waals surface area contributed by atoms with Crippen LogP contribution in [0.1, 0.15) is 0 Å². The Bertz CT molecular complexity index is 1190. The summed E-state index contributed by atoms with van der Waals surface area (Å²) < 4.78 is 1.81. The Hall–Kier alpha value is -3.53. The fourth-order valence-corrected chi connectivity index (χ4v) is 3.06. The first-order valence-electron chi connectivity index (χ1n) is 8.14. The quantitative estimate of drug-likeness (QED) is 0.445. The van der Waals surface area contributed by atoms with Gasteiger partial charge in [-0.3, -0.25) is 4.98 Å². The van der Waals surface area contributed by atoms with E-state index in [1.165, 1.54) is 0 Å². The summed E-state index contributed by atoms with van der Waals surface area (Å²) in [7, 11) is 0. The minimum absolute atomic E-state index is 0.785. The largest absolute Gasteiger partial charge is 0.254 e. The number of hydrogen-bond donors (Lipinski definition) is 0. The summed E-state index contributed by atoms with van der Waals surface area (Å²) in [6.45, 7) is 0. The van der Waals surface area contributed by atoms with E-state index < -0.39 is 0 Å². The first-order chi connectivity index (χ1) is 12.4. The molecule has 0 aliphatic heterocycles. The summed E-state index contributed by atoms with van der Waals surface area (Å²) >= 11 is 0. The van der Waals surface area contributed by atoms with Crippen molar-refractivity contribution in [2.24, 2.45) is 0 Å². The highest BCUT2D eigenvalue weighted by molar-refractivity contribution is 6.02. The molecule has 0 amide bonds. The monoisotopic (exact) mass is 322 g/mol. The Morgan fingerprint density at radius 3 is 2.36 bits per heavy atom. The average Bonchev–Trinajstić information content (AvgIpc) is 3.18. The van der Waals surface area contributed by atoms with Crippen molar-refractivity contribution in [2.75, 3.05) is 0 Å². The van der Waals surface area contributed by atoms with Crippen molar-refractivity contribution >= 4 is 21.8 Å². The van der Waals surface area contributed by atoms with Crippen LogP contribution in [0.5, 0.6) is 0 Å². The van der Waals surface area contributed by atoms with Gasteiger partial charge in [-0.25, -0.2) is 9.67 Å². The van der Waals surface area contributed by atoms with Crippen molar-refractivity contribution in [1.82, 2.24) is 19.7 Å². The standard InChI is InChI=1S/C21H14N4/c1-2-5-15(6-3-1)18-12-14-25(24-18)19-11-10-17-9-8-16-7-4-13-22-20(16)21(17)23-19/h1-14H. The predicted molar refractivity (Wildman–Crippen MR) is 99.6 cm³/mol. The van der Waals surface area contributed by atoms with Crippen LogP contribution in [0.4, 0.5) is 0 Å². The molecule has 0 saturated heterocycles. The Kier molecular flexibility index (Phi) is 3.07. The van der Waals surface area contributed by atoms with Crippen molar-refractivity contribution in [2.45, 2.75) is 0 Å². The van der Waals surface area contributed by atoms with Crippen molar-refractivity contribution in [1.29, 1.82) is 0 Å². The number of hydrogen-bond acceptors (Lipinski definition) is 3. The second-order valence-corrected chi connectivity index (χ2v) is 5.89. The van der Waals surface area contributed by atoms with Crippen LogP contribution in [0.3, 0.4) is 0 Å². The number of fused-ring (bicyclic) bond motifs is 3. The van der Waals surface area contributed by atoms with Crippen LogP contribution in [-0.4, -0.2) is 19.7 Å². The number of nitrogens with zero attached hydrogens (tertiary/aromatic N) is 4. The van der Waals surface area contributed by atoms with Crippen LogP contribution in [0.15, 0.2) is 85.2 Å². The van der Waals surface area contributed by atoms with Crippen LogP contribution in [-0.2, 0) is 0 Å². The summed E-state index contributed by atoms with van der Waals surface area (Å²) in [4.78, 5) is 9.32. The maximum atomic E-state index is 4.82. The molecule has 3 aromatic heterocycles. The molecular weight excluding hydrogens is 308 g/mol. The molecule has 0 atom stereocenters. The lowest BCUT2D eigenvalue weighted by Gasteiger charge is -2.05. The lowest BCUT2D eigenvalue weighted by molar-refractivity contribution is 0.856. The molecule has 4 nitrogen and oxygen atoms in total. The van der Waals surface area contributed by atoms with Gasteiger partial charge in [0.15, 0.2) is 5.82 Å². The molecule has 118 valence electrons. The molecule has 0 saturated carbocycles. The van der Waals surface area contributed by atoms with Crippen LogP contribution in [0.2, 0.25) is 0 Å². The van der Waals surface area contributed by atoms with Crippen LogP contribution in [0.25, 0.3) is 38.9 Å². The van der Waals surface area contributed by atoms with E-state index in [4.69, 9.17) is 4.98 Å². The first-order valence-corrected chi connectivity index (χ1v) is 8.14. The summed E-state index contributed by atoms with van der Waals surface area (Å²) in [5.74, 6) is 0.785. The molecule has 0 N–H and O–H groups in total. The fraction of sp³-hybridized carbons (Fsp3) is 0. The molecule has 0 radical (unpaired) electrons. The van der Waals surface area contributed by atoms with Crippen molar-refractivity contribution in [3.05, 3.63) is 85.2 Å². The summed E-state index contributed by atoms with van der Waals surface area (Å²) in [6, 6.07) is 24.3. The van der Waals surface area contributed by atoms with Gasteiger partial charge in [-0.15, -0.1) is 0 Å². The third-order valence-corrected chi connectivity index (χ3v) is 4.31. The van der Waals surface area contributed by atoms with Gasteiger partial charge in [0, 0.05) is 28.7 Å². The molecule has 0 unspecified atom stereocenters. The van der Waals surface area contributed by atoms with E-state index in [-0.39, 0.29) is 0 Å². The normalized spacial score (nSPS) is 11.2. The van der Waals surface area contributed by atoms with Crippen molar-refractivity contribution < 1.29 is 0 Å². The number of aromatic nitrogens is 4. The van der Waals surface area contributed by atoms with Gasteiger partial charge >= 0.3 is 0 Å². The number of pyridine rings is 2. The van der Waals surface area contributed by atoms with Gasteiger partial charge in [0.25, 0.3) is 0 Å². The van der Waals surface area contributed by atoms with Crippen LogP contribution < -0.4 is 0 Å². The van der Waals surface area contributed by atoms with E-state index >= 15 is 0 Å². The molecule has 25 heavy (non-hydrogen) atoms. The summed E-state index contributed by atoms with van der Waals surface area (Å²) in [6.07, 6.45) is 3.74. The van der Waals surface area contributed by atoms with Crippen LogP contribution in [0, 0.1) is 0 Å². The van der Waals surface area contributed by atoms with Crippen LogP contribution >= 0.6 is 0 Å². The lowest BCUT2D eigenvalue weighted by atomic mass is 10.1. The van der Waals surface area contributed by atoms with Gasteiger partial charge < -0.3 is 0 Å². The molecule has 4 heteroatoms. The number of benzene rings is 2. The minimum Gasteiger partial charge on any atom is -0.254 e. The lowest BCUT2D eigenvalue weighted by Crippen LogP contribution is -1.99. The van der Waals surface area contributed by atoms with Crippen molar-refractivity contribution in [3.63, 3.8) is 0 Å². The second-order valence-electron chi connectivity index (χ2n) is 5.89. The molecule has 0 aliphatic carbocycles. The Balaban J connectivity index is 1.66. The molecule has 0 spiro atoms. The van der Waals surface area contributed by atoms with E-state index in [9.17, 15) is 0 Å². The number of rotatable bonds is 2. The van der Waals surface area contributed by atoms with Gasteiger partial charge in [-0.05, 0) is 24.3 Å². The zero-order chi connectivity index (χ0) is 16.6. The smallest absolute Gasteiger partial charge is 0.154 e. The summed E-state index contributed by atoms with van der Waals surface area (Å²) in [5.41, 5.74) is 3.83.